The van der Waals surface area contributed by atoms with Gasteiger partial charge in [-0.2, -0.15) is 0 Å². The Morgan fingerprint density at radius 3 is 3.00 bits per heavy atom. The summed E-state index contributed by atoms with van der Waals surface area (Å²) in [6.07, 6.45) is 0.951. The maximum absolute atomic E-state index is 6.12. The van der Waals surface area contributed by atoms with Gasteiger partial charge in [-0.3, -0.25) is 0 Å². The molecule has 1 aromatic heterocycles. The number of hydrogen-bond acceptors (Lipinski definition) is 3. The van der Waals surface area contributed by atoms with Gasteiger partial charge in [-0.25, -0.2) is 0 Å². The van der Waals surface area contributed by atoms with Crippen LogP contribution < -0.4 is 4.74 Å². The van der Waals surface area contributed by atoms with E-state index in [1.54, 1.807) is 0 Å². The summed E-state index contributed by atoms with van der Waals surface area (Å²) in [4.78, 5) is 0. The minimum atomic E-state index is -0.215. The summed E-state index contributed by atoms with van der Waals surface area (Å²) in [5.41, 5.74) is 1.92. The third-order valence-corrected chi connectivity index (χ3v) is 5.16. The molecular formula is C12H12N2OSe. The minimum absolute atomic E-state index is 0.105. The zero-order valence-corrected chi connectivity index (χ0v) is 10.9. The zero-order valence-electron chi connectivity index (χ0n) is 9.23. The van der Waals surface area contributed by atoms with Gasteiger partial charge < -0.3 is 0 Å². The van der Waals surface area contributed by atoms with Gasteiger partial charge in [0.25, 0.3) is 0 Å². The van der Waals surface area contributed by atoms with Crippen molar-refractivity contribution in [2.75, 3.05) is 0 Å². The molecule has 0 radical (unpaired) electrons. The van der Waals surface area contributed by atoms with Crippen LogP contribution in [0, 0.1) is 0 Å². The predicted octanol–water partition coefficient (Wildman–Crippen LogP) is 2.22. The van der Waals surface area contributed by atoms with Gasteiger partial charge in [0.15, 0.2) is 0 Å². The number of nitrogens with zero attached hydrogens (tertiary/aromatic N) is 2. The summed E-state index contributed by atoms with van der Waals surface area (Å²) in [6, 6.07) is 8.08. The van der Waals surface area contributed by atoms with Crippen molar-refractivity contribution in [2.45, 2.75) is 25.9 Å². The first-order valence-electron chi connectivity index (χ1n) is 5.36. The quantitative estimate of drug-likeness (QED) is 0.751. The van der Waals surface area contributed by atoms with E-state index >= 15 is 0 Å². The fourth-order valence-electron chi connectivity index (χ4n) is 1.99. The Labute approximate surface area is 100 Å². The van der Waals surface area contributed by atoms with Crippen LogP contribution in [0.4, 0.5) is 0 Å². The summed E-state index contributed by atoms with van der Waals surface area (Å²) in [5.74, 6) is 0.933. The Morgan fingerprint density at radius 2 is 2.19 bits per heavy atom. The molecule has 2 heterocycles. The molecule has 0 N–H and O–H groups in total. The van der Waals surface area contributed by atoms with Crippen LogP contribution in [0.25, 0.3) is 11.3 Å². The third kappa shape index (κ3) is 1.27. The molecule has 2 aromatic rings. The van der Waals surface area contributed by atoms with Crippen molar-refractivity contribution in [3.05, 3.63) is 28.7 Å². The molecule has 0 saturated carbocycles. The molecule has 0 amide bonds. The van der Waals surface area contributed by atoms with E-state index in [2.05, 4.69) is 29.1 Å². The molecule has 16 heavy (non-hydrogen) atoms. The van der Waals surface area contributed by atoms with E-state index in [0.717, 1.165) is 23.4 Å². The van der Waals surface area contributed by atoms with Crippen LogP contribution in [0.3, 0.4) is 0 Å². The number of aromatic nitrogens is 2. The molecule has 1 aliphatic heterocycles. The van der Waals surface area contributed by atoms with Gasteiger partial charge in [0, 0.05) is 0 Å². The zero-order chi connectivity index (χ0) is 11.2. The fraction of sp³-hybridized carbons (Fsp3) is 0.333. The molecule has 3 rings (SSSR count). The van der Waals surface area contributed by atoms with Crippen LogP contribution in [0.5, 0.6) is 5.75 Å². The molecule has 3 nitrogen and oxygen atoms in total. The van der Waals surface area contributed by atoms with Crippen LogP contribution in [0.1, 0.15) is 24.7 Å². The first-order valence-corrected chi connectivity index (χ1v) is 6.98. The number of hydrogen-bond donors (Lipinski definition) is 0. The Hall–Kier alpha value is -1.12. The average Bonchev–Trinajstić information content (AvgIpc) is 2.79. The fourth-order valence-corrected chi connectivity index (χ4v) is 3.71. The Morgan fingerprint density at radius 1 is 1.38 bits per heavy atom. The number of para-hydroxylation sites is 1. The van der Waals surface area contributed by atoms with Crippen LogP contribution in [0.15, 0.2) is 24.3 Å². The standard InChI is InChI=1S/C12H12N2OSe/c1-3-12(2)11-10(13-14-16-11)8-6-4-5-7-9(8)15-12/h4-7H,3H2,1-2H3. The second-order valence-electron chi connectivity index (χ2n) is 4.13. The van der Waals surface area contributed by atoms with Crippen LogP contribution in [-0.4, -0.2) is 23.9 Å². The van der Waals surface area contributed by atoms with Crippen molar-refractivity contribution in [1.29, 1.82) is 0 Å². The van der Waals surface area contributed by atoms with Gasteiger partial charge >= 0.3 is 100 Å². The first-order chi connectivity index (χ1) is 7.74. The van der Waals surface area contributed by atoms with Gasteiger partial charge in [-0.05, 0) is 0 Å². The van der Waals surface area contributed by atoms with Crippen LogP contribution in [-0.2, 0) is 5.60 Å². The van der Waals surface area contributed by atoms with E-state index in [1.165, 1.54) is 4.44 Å². The first kappa shape index (κ1) is 10.1. The number of fused-ring (bicyclic) bond motifs is 3. The second kappa shape index (κ2) is 3.44. The van der Waals surface area contributed by atoms with Crippen molar-refractivity contribution in [3.63, 3.8) is 0 Å². The summed E-state index contributed by atoms with van der Waals surface area (Å²) in [7, 11) is 0. The molecule has 1 aliphatic rings. The van der Waals surface area contributed by atoms with E-state index in [4.69, 9.17) is 4.74 Å². The second-order valence-corrected chi connectivity index (χ2v) is 5.72. The molecule has 0 aliphatic carbocycles. The van der Waals surface area contributed by atoms with E-state index in [9.17, 15) is 0 Å². The topological polar surface area (TPSA) is 35.0 Å². The van der Waals surface area contributed by atoms with E-state index < -0.39 is 0 Å². The number of benzene rings is 1. The molecule has 82 valence electrons. The monoisotopic (exact) mass is 280 g/mol. The number of rotatable bonds is 1. The van der Waals surface area contributed by atoms with Crippen molar-refractivity contribution < 1.29 is 4.74 Å². The van der Waals surface area contributed by atoms with Gasteiger partial charge in [0.05, 0.1) is 0 Å². The van der Waals surface area contributed by atoms with E-state index in [0.29, 0.717) is 0 Å². The molecule has 1 aromatic carbocycles. The molecule has 0 fully saturated rings. The normalized spacial score (nSPS) is 22.1. The Kier molecular flexibility index (Phi) is 2.16. The van der Waals surface area contributed by atoms with Crippen molar-refractivity contribution in [3.8, 4) is 17.0 Å². The van der Waals surface area contributed by atoms with Gasteiger partial charge in [-0.1, -0.05) is 0 Å². The molecule has 0 spiro atoms. The predicted molar refractivity (Wildman–Crippen MR) is 62.7 cm³/mol. The molecule has 1 unspecified atom stereocenters. The molecule has 1 atom stereocenters. The maximum atomic E-state index is 6.12. The summed E-state index contributed by atoms with van der Waals surface area (Å²) in [5, 5.41) is 4.29. The van der Waals surface area contributed by atoms with Crippen LogP contribution in [0.2, 0.25) is 0 Å². The van der Waals surface area contributed by atoms with E-state index in [-0.39, 0.29) is 20.3 Å². The molecular weight excluding hydrogens is 267 g/mol. The summed E-state index contributed by atoms with van der Waals surface area (Å²) < 4.78 is 11.6. The third-order valence-electron chi connectivity index (χ3n) is 3.12. The van der Waals surface area contributed by atoms with Gasteiger partial charge in [0.1, 0.15) is 0 Å². The Bertz CT molecular complexity index is 537. The van der Waals surface area contributed by atoms with E-state index in [1.807, 2.05) is 18.2 Å². The number of ether oxygens (including phenoxy) is 1. The van der Waals surface area contributed by atoms with Crippen molar-refractivity contribution in [1.82, 2.24) is 9.19 Å². The molecule has 0 saturated heterocycles. The van der Waals surface area contributed by atoms with Crippen LogP contribution >= 0.6 is 0 Å². The summed E-state index contributed by atoms with van der Waals surface area (Å²) in [6.45, 7) is 4.28. The van der Waals surface area contributed by atoms with Crippen molar-refractivity contribution >= 4 is 14.7 Å². The van der Waals surface area contributed by atoms with Crippen molar-refractivity contribution in [2.24, 2.45) is 0 Å². The Balaban J connectivity index is 2.27. The van der Waals surface area contributed by atoms with Gasteiger partial charge in [-0.15, -0.1) is 0 Å². The summed E-state index contributed by atoms with van der Waals surface area (Å²) >= 11 is 0.105. The average molecular weight is 279 g/mol. The SMILES string of the molecule is CCC1(C)Oc2ccccc2-c2nn[se]c21. The van der Waals surface area contributed by atoms with Gasteiger partial charge in [0.2, 0.25) is 0 Å². The molecule has 4 heteroatoms. The molecule has 0 bridgehead atoms.